The SMILES string of the molecule is CN1Cc2cc(C(=O)NN3CCN(c4ccccn4)CC3)ccc2N[C@@H](CC(=O)O)C1=O. The Morgan fingerprint density at radius 3 is 2.66 bits per heavy atom. The van der Waals surface area contributed by atoms with E-state index in [2.05, 4.69) is 20.6 Å². The number of fused-ring (bicyclic) bond motifs is 1. The van der Waals surface area contributed by atoms with Crippen LogP contribution < -0.4 is 15.6 Å². The lowest BCUT2D eigenvalue weighted by molar-refractivity contribution is -0.141. The largest absolute Gasteiger partial charge is 0.481 e. The number of piperazine rings is 1. The maximum atomic E-state index is 12.8. The summed E-state index contributed by atoms with van der Waals surface area (Å²) >= 11 is 0. The minimum absolute atomic E-state index is 0.223. The molecular weight excluding hydrogens is 412 g/mol. The van der Waals surface area contributed by atoms with Gasteiger partial charge in [-0.05, 0) is 35.9 Å². The van der Waals surface area contributed by atoms with Crippen molar-refractivity contribution >= 4 is 29.3 Å². The Hall–Kier alpha value is -3.66. The summed E-state index contributed by atoms with van der Waals surface area (Å²) in [6.45, 7) is 3.14. The molecule has 0 radical (unpaired) electrons. The number of pyridine rings is 1. The first-order valence-corrected chi connectivity index (χ1v) is 10.5. The molecule has 3 heterocycles. The predicted molar refractivity (Wildman–Crippen MR) is 118 cm³/mol. The third-order valence-corrected chi connectivity index (χ3v) is 5.67. The summed E-state index contributed by atoms with van der Waals surface area (Å²) in [4.78, 5) is 44.4. The highest BCUT2D eigenvalue weighted by atomic mass is 16.4. The number of hydrogen-bond donors (Lipinski definition) is 3. The molecule has 2 aromatic rings. The van der Waals surface area contributed by atoms with Crippen LogP contribution in [0.25, 0.3) is 0 Å². The molecule has 1 aromatic carbocycles. The molecule has 0 spiro atoms. The summed E-state index contributed by atoms with van der Waals surface area (Å²) in [7, 11) is 1.63. The van der Waals surface area contributed by atoms with E-state index >= 15 is 0 Å². The van der Waals surface area contributed by atoms with Crippen LogP contribution in [-0.4, -0.2) is 77.1 Å². The van der Waals surface area contributed by atoms with E-state index in [1.165, 1.54) is 4.90 Å². The number of likely N-dealkylation sites (N-methyl/N-ethyl adjacent to an activating group) is 1. The van der Waals surface area contributed by atoms with Gasteiger partial charge in [0.15, 0.2) is 0 Å². The van der Waals surface area contributed by atoms with Crippen LogP contribution in [0.1, 0.15) is 22.3 Å². The summed E-state index contributed by atoms with van der Waals surface area (Å²) in [6.07, 6.45) is 1.46. The van der Waals surface area contributed by atoms with Gasteiger partial charge in [-0.2, -0.15) is 0 Å². The van der Waals surface area contributed by atoms with Gasteiger partial charge in [0, 0.05) is 57.2 Å². The minimum atomic E-state index is -1.05. The molecule has 0 unspecified atom stereocenters. The quantitative estimate of drug-likeness (QED) is 0.627. The van der Waals surface area contributed by atoms with E-state index in [0.717, 1.165) is 24.5 Å². The third-order valence-electron chi connectivity index (χ3n) is 5.67. The summed E-state index contributed by atoms with van der Waals surface area (Å²) in [5.74, 6) is -0.636. The molecule has 0 bridgehead atoms. The number of hydrogen-bond acceptors (Lipinski definition) is 7. The van der Waals surface area contributed by atoms with Gasteiger partial charge in [0.25, 0.3) is 5.91 Å². The van der Waals surface area contributed by atoms with Gasteiger partial charge in [0.05, 0.1) is 6.42 Å². The van der Waals surface area contributed by atoms with Crippen molar-refractivity contribution < 1.29 is 19.5 Å². The molecule has 1 fully saturated rings. The number of aliphatic carboxylic acids is 1. The molecule has 2 aliphatic heterocycles. The second kappa shape index (κ2) is 9.23. The number of carbonyl (C=O) groups is 3. The van der Waals surface area contributed by atoms with Crippen molar-refractivity contribution in [3.05, 3.63) is 53.7 Å². The molecular formula is C22H26N6O4. The van der Waals surface area contributed by atoms with Gasteiger partial charge >= 0.3 is 5.97 Å². The van der Waals surface area contributed by atoms with Crippen molar-refractivity contribution in [3.8, 4) is 0 Å². The van der Waals surface area contributed by atoms with Gasteiger partial charge < -0.3 is 20.2 Å². The fourth-order valence-electron chi connectivity index (χ4n) is 3.96. The molecule has 2 amide bonds. The Morgan fingerprint density at radius 2 is 1.97 bits per heavy atom. The smallest absolute Gasteiger partial charge is 0.305 e. The fraction of sp³-hybridized carbons (Fsp3) is 0.364. The highest BCUT2D eigenvalue weighted by molar-refractivity contribution is 5.95. The van der Waals surface area contributed by atoms with E-state index in [1.807, 2.05) is 23.2 Å². The Labute approximate surface area is 185 Å². The molecule has 0 saturated carbocycles. The molecule has 168 valence electrons. The molecule has 32 heavy (non-hydrogen) atoms. The summed E-state index contributed by atoms with van der Waals surface area (Å²) in [5, 5.41) is 14.0. The maximum absolute atomic E-state index is 12.8. The van der Waals surface area contributed by atoms with Crippen molar-refractivity contribution in [1.29, 1.82) is 0 Å². The van der Waals surface area contributed by atoms with Crippen LogP contribution in [0, 0.1) is 0 Å². The van der Waals surface area contributed by atoms with Gasteiger partial charge in [-0.1, -0.05) is 6.07 Å². The number of hydrazine groups is 1. The average molecular weight is 438 g/mol. The maximum Gasteiger partial charge on any atom is 0.305 e. The van der Waals surface area contributed by atoms with Crippen LogP contribution in [0.2, 0.25) is 0 Å². The lowest BCUT2D eigenvalue weighted by Crippen LogP contribution is -2.53. The Balaban J connectivity index is 1.40. The van der Waals surface area contributed by atoms with E-state index in [-0.39, 0.29) is 18.2 Å². The van der Waals surface area contributed by atoms with Crippen LogP contribution in [0.15, 0.2) is 42.6 Å². The number of carboxylic acids is 1. The molecule has 4 rings (SSSR count). The van der Waals surface area contributed by atoms with Crippen molar-refractivity contribution in [2.24, 2.45) is 0 Å². The van der Waals surface area contributed by atoms with Crippen LogP contribution in [0.5, 0.6) is 0 Å². The van der Waals surface area contributed by atoms with Gasteiger partial charge in [-0.15, -0.1) is 0 Å². The van der Waals surface area contributed by atoms with Crippen LogP contribution >= 0.6 is 0 Å². The van der Waals surface area contributed by atoms with Crippen molar-refractivity contribution in [2.45, 2.75) is 19.0 Å². The first-order chi connectivity index (χ1) is 15.4. The molecule has 1 saturated heterocycles. The van der Waals surface area contributed by atoms with E-state index in [0.29, 0.717) is 30.9 Å². The zero-order chi connectivity index (χ0) is 22.7. The number of aromatic nitrogens is 1. The molecule has 2 aliphatic rings. The van der Waals surface area contributed by atoms with E-state index in [4.69, 9.17) is 5.11 Å². The van der Waals surface area contributed by atoms with Crippen LogP contribution in [0.3, 0.4) is 0 Å². The molecule has 10 heteroatoms. The van der Waals surface area contributed by atoms with Crippen LogP contribution in [-0.2, 0) is 16.1 Å². The topological polar surface area (TPSA) is 118 Å². The first-order valence-electron chi connectivity index (χ1n) is 10.5. The van der Waals surface area contributed by atoms with Crippen molar-refractivity contribution in [1.82, 2.24) is 20.3 Å². The number of rotatable bonds is 5. The second-order valence-corrected chi connectivity index (χ2v) is 7.96. The molecule has 3 N–H and O–H groups in total. The Kier molecular flexibility index (Phi) is 6.22. The monoisotopic (exact) mass is 438 g/mol. The zero-order valence-corrected chi connectivity index (χ0v) is 17.8. The average Bonchev–Trinajstić information content (AvgIpc) is 2.90. The van der Waals surface area contributed by atoms with E-state index < -0.39 is 12.0 Å². The number of nitrogens with zero attached hydrogens (tertiary/aromatic N) is 4. The number of carbonyl (C=O) groups excluding carboxylic acids is 2. The van der Waals surface area contributed by atoms with Crippen LogP contribution in [0.4, 0.5) is 11.5 Å². The number of carboxylic acid groups (broad SMARTS) is 1. The Bertz CT molecular complexity index is 1010. The second-order valence-electron chi connectivity index (χ2n) is 7.96. The zero-order valence-electron chi connectivity index (χ0n) is 17.8. The van der Waals surface area contributed by atoms with E-state index in [1.54, 1.807) is 31.4 Å². The Morgan fingerprint density at radius 1 is 1.19 bits per heavy atom. The standard InChI is InChI=1S/C22H26N6O4/c1-26-14-16-12-15(5-6-17(16)24-18(22(26)32)13-20(29)30)21(31)25-28-10-8-27(9-11-28)19-4-2-3-7-23-19/h2-7,12,18,24H,8-11,13-14H2,1H3,(H,25,31)(H,29,30)/t18-/m0/s1. The highest BCUT2D eigenvalue weighted by Gasteiger charge is 2.29. The number of anilines is 2. The summed E-state index contributed by atoms with van der Waals surface area (Å²) < 4.78 is 0. The molecule has 0 aliphatic carbocycles. The third kappa shape index (κ3) is 4.80. The fourth-order valence-corrected chi connectivity index (χ4v) is 3.96. The van der Waals surface area contributed by atoms with Gasteiger partial charge in [0.2, 0.25) is 5.91 Å². The first kappa shape index (κ1) is 21.6. The number of benzene rings is 1. The van der Waals surface area contributed by atoms with Gasteiger partial charge in [0.1, 0.15) is 11.9 Å². The van der Waals surface area contributed by atoms with Crippen molar-refractivity contribution in [3.63, 3.8) is 0 Å². The number of amides is 2. The number of nitrogens with one attached hydrogen (secondary N) is 2. The lowest BCUT2D eigenvalue weighted by Gasteiger charge is -2.35. The molecule has 1 aromatic heterocycles. The molecule has 1 atom stereocenters. The van der Waals surface area contributed by atoms with Crippen molar-refractivity contribution in [2.75, 3.05) is 43.4 Å². The van der Waals surface area contributed by atoms with Gasteiger partial charge in [-0.3, -0.25) is 19.8 Å². The predicted octanol–water partition coefficient (Wildman–Crippen LogP) is 0.776. The summed E-state index contributed by atoms with van der Waals surface area (Å²) in [5.41, 5.74) is 4.86. The molecule has 10 nitrogen and oxygen atoms in total. The summed E-state index contributed by atoms with van der Waals surface area (Å²) in [6, 6.07) is 10.1. The normalized spacial score (nSPS) is 19.0. The van der Waals surface area contributed by atoms with Gasteiger partial charge in [-0.25, -0.2) is 9.99 Å². The highest BCUT2D eigenvalue weighted by Crippen LogP contribution is 2.25. The minimum Gasteiger partial charge on any atom is -0.481 e. The van der Waals surface area contributed by atoms with E-state index in [9.17, 15) is 14.4 Å². The lowest BCUT2D eigenvalue weighted by atomic mass is 10.1.